The quantitative estimate of drug-likeness (QED) is 0.683. The van der Waals surface area contributed by atoms with Gasteiger partial charge >= 0.3 is 0 Å². The molecule has 2 aliphatic rings. The van der Waals surface area contributed by atoms with Crippen LogP contribution in [-0.4, -0.2) is 62.8 Å². The van der Waals surface area contributed by atoms with Gasteiger partial charge in [-0.3, -0.25) is 4.79 Å². The van der Waals surface area contributed by atoms with Crippen molar-refractivity contribution in [1.29, 1.82) is 5.26 Å². The average molecular weight is 419 g/mol. The number of hydrogen-bond acceptors (Lipinski definition) is 5. The van der Waals surface area contributed by atoms with Crippen LogP contribution in [0.1, 0.15) is 43.2 Å². The first-order valence-electron chi connectivity index (χ1n) is 10.4. The second-order valence-electron chi connectivity index (χ2n) is 7.96. The number of carbonyl (C=O) groups is 1. The summed E-state index contributed by atoms with van der Waals surface area (Å²) in [5.41, 5.74) is 1.02. The summed E-state index contributed by atoms with van der Waals surface area (Å²) in [7, 11) is -3.61. The molecule has 3 rings (SSSR count). The number of amides is 1. The Morgan fingerprint density at radius 1 is 1.21 bits per heavy atom. The summed E-state index contributed by atoms with van der Waals surface area (Å²) in [5.74, 6) is -0.0895. The maximum Gasteiger partial charge on any atom is 0.243 e. The zero-order valence-corrected chi connectivity index (χ0v) is 17.9. The molecule has 1 N–H and O–H groups in total. The summed E-state index contributed by atoms with van der Waals surface area (Å²) in [6.07, 6.45) is 4.57. The molecule has 2 aliphatic heterocycles. The van der Waals surface area contributed by atoms with E-state index < -0.39 is 10.0 Å². The summed E-state index contributed by atoms with van der Waals surface area (Å²) >= 11 is 0. The Morgan fingerprint density at radius 3 is 2.52 bits per heavy atom. The first-order chi connectivity index (χ1) is 13.9. The number of benzene rings is 1. The highest BCUT2D eigenvalue weighted by molar-refractivity contribution is 7.89. The second kappa shape index (κ2) is 9.70. The number of carbonyl (C=O) groups excluding carboxylic acids is 1. The van der Waals surface area contributed by atoms with Crippen LogP contribution in [0.5, 0.6) is 0 Å². The zero-order valence-electron chi connectivity index (χ0n) is 17.1. The third-order valence-electron chi connectivity index (χ3n) is 5.90. The number of likely N-dealkylation sites (tertiary alicyclic amines) is 1. The van der Waals surface area contributed by atoms with Gasteiger partial charge in [-0.25, -0.2) is 8.42 Å². The van der Waals surface area contributed by atoms with Crippen molar-refractivity contribution in [1.82, 2.24) is 14.5 Å². The van der Waals surface area contributed by atoms with Gasteiger partial charge in [-0.2, -0.15) is 9.57 Å². The standard InChI is InChI=1S/C21H30N4O3S/c1-17-15-18(16-22)5-6-20(17)29(27,28)25-13-7-19(8-14-25)21(26)23-9-4-12-24-10-2-3-11-24/h5-6,15,19H,2-4,7-14H2,1H3,(H,23,26). The number of nitriles is 1. The normalized spacial score (nSPS) is 19.2. The molecule has 0 aliphatic carbocycles. The van der Waals surface area contributed by atoms with Crippen molar-refractivity contribution in [3.8, 4) is 6.07 Å². The summed E-state index contributed by atoms with van der Waals surface area (Å²) in [6, 6.07) is 6.65. The van der Waals surface area contributed by atoms with Gasteiger partial charge in [0.1, 0.15) is 0 Å². The van der Waals surface area contributed by atoms with Crippen molar-refractivity contribution in [3.63, 3.8) is 0 Å². The number of nitrogens with zero attached hydrogens (tertiary/aromatic N) is 3. The molecule has 0 aromatic heterocycles. The van der Waals surface area contributed by atoms with Gasteiger partial charge in [0, 0.05) is 25.6 Å². The predicted octanol–water partition coefficient (Wildman–Crippen LogP) is 1.87. The monoisotopic (exact) mass is 418 g/mol. The van der Waals surface area contributed by atoms with Crippen LogP contribution in [0.25, 0.3) is 0 Å². The lowest BCUT2D eigenvalue weighted by Gasteiger charge is -2.31. The molecule has 0 saturated carbocycles. The molecule has 0 unspecified atom stereocenters. The molecular weight excluding hydrogens is 388 g/mol. The van der Waals surface area contributed by atoms with E-state index >= 15 is 0 Å². The Morgan fingerprint density at radius 2 is 1.90 bits per heavy atom. The molecule has 1 aromatic carbocycles. The maximum atomic E-state index is 13.0. The number of piperidine rings is 1. The lowest BCUT2D eigenvalue weighted by atomic mass is 9.97. The van der Waals surface area contributed by atoms with Gasteiger partial charge in [-0.05, 0) is 82.4 Å². The van der Waals surface area contributed by atoms with Gasteiger partial charge in [-0.15, -0.1) is 0 Å². The molecule has 1 amide bonds. The lowest BCUT2D eigenvalue weighted by molar-refractivity contribution is -0.126. The minimum absolute atomic E-state index is 0.0398. The van der Waals surface area contributed by atoms with E-state index in [1.54, 1.807) is 13.0 Å². The molecule has 0 spiro atoms. The summed E-state index contributed by atoms with van der Waals surface area (Å²) < 4.78 is 27.4. The van der Waals surface area contributed by atoms with Crippen molar-refractivity contribution < 1.29 is 13.2 Å². The molecule has 2 fully saturated rings. The van der Waals surface area contributed by atoms with Crippen LogP contribution in [0.3, 0.4) is 0 Å². The fourth-order valence-electron chi connectivity index (χ4n) is 4.17. The highest BCUT2D eigenvalue weighted by Crippen LogP contribution is 2.26. The van der Waals surface area contributed by atoms with Gasteiger partial charge < -0.3 is 10.2 Å². The van der Waals surface area contributed by atoms with Gasteiger partial charge in [0.2, 0.25) is 15.9 Å². The van der Waals surface area contributed by atoms with Gasteiger partial charge in [0.05, 0.1) is 16.5 Å². The van der Waals surface area contributed by atoms with Crippen LogP contribution < -0.4 is 5.32 Å². The second-order valence-corrected chi connectivity index (χ2v) is 9.87. The Bertz CT molecular complexity index is 864. The molecule has 2 heterocycles. The SMILES string of the molecule is Cc1cc(C#N)ccc1S(=O)(=O)N1CCC(C(=O)NCCCN2CCCC2)CC1. The van der Waals surface area contributed by atoms with Gasteiger partial charge in [-0.1, -0.05) is 0 Å². The van der Waals surface area contributed by atoms with Crippen molar-refractivity contribution in [3.05, 3.63) is 29.3 Å². The van der Waals surface area contributed by atoms with E-state index in [0.29, 0.717) is 43.6 Å². The van der Waals surface area contributed by atoms with E-state index in [1.165, 1.54) is 42.4 Å². The number of hydrogen-bond donors (Lipinski definition) is 1. The Kier molecular flexibility index (Phi) is 7.28. The molecule has 0 bridgehead atoms. The molecular formula is C21H30N4O3S. The van der Waals surface area contributed by atoms with Crippen LogP contribution in [0.15, 0.2) is 23.1 Å². The van der Waals surface area contributed by atoms with E-state index in [-0.39, 0.29) is 16.7 Å². The van der Waals surface area contributed by atoms with E-state index in [0.717, 1.165) is 13.0 Å². The van der Waals surface area contributed by atoms with Crippen LogP contribution in [0, 0.1) is 24.2 Å². The fourth-order valence-corrected chi connectivity index (χ4v) is 5.85. The molecule has 0 radical (unpaired) electrons. The topological polar surface area (TPSA) is 93.5 Å². The van der Waals surface area contributed by atoms with E-state index in [4.69, 9.17) is 5.26 Å². The van der Waals surface area contributed by atoms with Crippen LogP contribution in [-0.2, 0) is 14.8 Å². The van der Waals surface area contributed by atoms with Gasteiger partial charge in [0.15, 0.2) is 0 Å². The molecule has 158 valence electrons. The lowest BCUT2D eigenvalue weighted by Crippen LogP contribution is -2.43. The van der Waals surface area contributed by atoms with Crippen LogP contribution in [0.2, 0.25) is 0 Å². The number of aryl methyl sites for hydroxylation is 1. The van der Waals surface area contributed by atoms with Crippen LogP contribution >= 0.6 is 0 Å². The zero-order chi connectivity index (χ0) is 20.9. The fraction of sp³-hybridized carbons (Fsp3) is 0.619. The van der Waals surface area contributed by atoms with E-state index in [2.05, 4.69) is 10.2 Å². The van der Waals surface area contributed by atoms with Gasteiger partial charge in [0.25, 0.3) is 0 Å². The van der Waals surface area contributed by atoms with Crippen molar-refractivity contribution >= 4 is 15.9 Å². The highest BCUT2D eigenvalue weighted by atomic mass is 32.2. The molecule has 2 saturated heterocycles. The van der Waals surface area contributed by atoms with Crippen LogP contribution in [0.4, 0.5) is 0 Å². The average Bonchev–Trinajstić information content (AvgIpc) is 3.24. The number of rotatable bonds is 7. The third kappa shape index (κ3) is 5.35. The summed E-state index contributed by atoms with van der Waals surface area (Å²) in [4.78, 5) is 15.1. The highest BCUT2D eigenvalue weighted by Gasteiger charge is 2.32. The Hall–Kier alpha value is -1.95. The minimum atomic E-state index is -3.61. The molecule has 8 heteroatoms. The number of sulfonamides is 1. The maximum absolute atomic E-state index is 13.0. The Labute approximate surface area is 173 Å². The molecule has 0 atom stereocenters. The summed E-state index contributed by atoms with van der Waals surface area (Å²) in [6.45, 7) is 6.43. The molecule has 1 aromatic rings. The minimum Gasteiger partial charge on any atom is -0.356 e. The third-order valence-corrected chi connectivity index (χ3v) is 7.95. The molecule has 7 nitrogen and oxygen atoms in total. The van der Waals surface area contributed by atoms with Crippen molar-refractivity contribution in [2.45, 2.75) is 43.9 Å². The van der Waals surface area contributed by atoms with E-state index in [1.807, 2.05) is 6.07 Å². The predicted molar refractivity (Wildman–Crippen MR) is 111 cm³/mol. The largest absolute Gasteiger partial charge is 0.356 e. The van der Waals surface area contributed by atoms with E-state index in [9.17, 15) is 13.2 Å². The van der Waals surface area contributed by atoms with Crippen molar-refractivity contribution in [2.75, 3.05) is 39.3 Å². The first kappa shape index (κ1) is 21.8. The number of nitrogens with one attached hydrogen (secondary N) is 1. The van der Waals surface area contributed by atoms with Crippen molar-refractivity contribution in [2.24, 2.45) is 5.92 Å². The summed E-state index contributed by atoms with van der Waals surface area (Å²) in [5, 5.41) is 12.0. The first-order valence-corrected chi connectivity index (χ1v) is 11.9. The Balaban J connectivity index is 1.47. The molecule has 29 heavy (non-hydrogen) atoms. The smallest absolute Gasteiger partial charge is 0.243 e.